The minimum Gasteiger partial charge on any atom is -0.355 e. The highest BCUT2D eigenvalue weighted by Crippen LogP contribution is 2.35. The van der Waals surface area contributed by atoms with Gasteiger partial charge in [0.15, 0.2) is 5.82 Å². The molecule has 5 rings (SSSR count). The molecule has 1 saturated heterocycles. The van der Waals surface area contributed by atoms with Crippen molar-refractivity contribution < 1.29 is 9.59 Å². The van der Waals surface area contributed by atoms with Gasteiger partial charge in [0, 0.05) is 25.9 Å². The second kappa shape index (κ2) is 9.94. The van der Waals surface area contributed by atoms with Crippen molar-refractivity contribution in [2.45, 2.75) is 52.0 Å². The molecule has 2 heterocycles. The smallest absolute Gasteiger partial charge is 0.223 e. The van der Waals surface area contributed by atoms with Gasteiger partial charge in [0.05, 0.1) is 17.4 Å². The normalized spacial score (nSPS) is 18.1. The molecule has 0 radical (unpaired) electrons. The van der Waals surface area contributed by atoms with Gasteiger partial charge in [-0.2, -0.15) is 5.10 Å². The molecule has 2 amide bonds. The van der Waals surface area contributed by atoms with Crippen LogP contribution in [0.3, 0.4) is 0 Å². The first kappa shape index (κ1) is 23.1. The standard InChI is InChI=1S/C28H33N5O2/c1-19-26(29-20(2)34)28(33(31-19)23-11-4-3-5-12-23)32-17-15-22(16-18-32)27(35)30-25-14-8-10-21-9-6-7-13-24(21)25/h3-7,9,11-13,22,25H,8,10,14-18H2,1-2H3,(H,29,34)(H,30,35)/t25-/m0/s1. The largest absolute Gasteiger partial charge is 0.355 e. The fourth-order valence-electron chi connectivity index (χ4n) is 5.43. The minimum atomic E-state index is -0.121. The third kappa shape index (κ3) is 4.81. The van der Waals surface area contributed by atoms with E-state index < -0.39 is 0 Å². The van der Waals surface area contributed by atoms with Crippen molar-refractivity contribution >= 4 is 23.3 Å². The molecule has 0 bridgehead atoms. The van der Waals surface area contributed by atoms with Crippen LogP contribution in [0.2, 0.25) is 0 Å². The summed E-state index contributed by atoms with van der Waals surface area (Å²) in [6.45, 7) is 4.88. The van der Waals surface area contributed by atoms with Crippen LogP contribution >= 0.6 is 0 Å². The van der Waals surface area contributed by atoms with Crippen LogP contribution < -0.4 is 15.5 Å². The quantitative estimate of drug-likeness (QED) is 0.572. The molecule has 1 aliphatic heterocycles. The van der Waals surface area contributed by atoms with Gasteiger partial charge < -0.3 is 15.5 Å². The van der Waals surface area contributed by atoms with Crippen molar-refractivity contribution in [2.75, 3.05) is 23.3 Å². The molecule has 2 aliphatic rings. The molecule has 1 aromatic heterocycles. The number of aromatic nitrogens is 2. The van der Waals surface area contributed by atoms with Gasteiger partial charge in [-0.1, -0.05) is 42.5 Å². The van der Waals surface area contributed by atoms with Crippen LogP contribution in [0, 0.1) is 12.8 Å². The molecule has 182 valence electrons. The van der Waals surface area contributed by atoms with E-state index in [1.54, 1.807) is 0 Å². The number of benzene rings is 2. The first-order valence-electron chi connectivity index (χ1n) is 12.6. The van der Waals surface area contributed by atoms with E-state index in [0.717, 1.165) is 68.1 Å². The van der Waals surface area contributed by atoms with Crippen molar-refractivity contribution in [3.8, 4) is 5.69 Å². The first-order chi connectivity index (χ1) is 17.0. The Morgan fingerprint density at radius 3 is 2.43 bits per heavy atom. The number of fused-ring (bicyclic) bond motifs is 1. The number of carbonyl (C=O) groups is 2. The second-order valence-electron chi connectivity index (χ2n) is 9.63. The molecule has 1 fully saturated rings. The van der Waals surface area contributed by atoms with E-state index in [1.165, 1.54) is 18.1 Å². The van der Waals surface area contributed by atoms with Gasteiger partial charge in [-0.3, -0.25) is 9.59 Å². The highest BCUT2D eigenvalue weighted by molar-refractivity contribution is 5.93. The number of anilines is 2. The maximum atomic E-state index is 13.2. The predicted molar refractivity (Wildman–Crippen MR) is 138 cm³/mol. The molecular weight excluding hydrogens is 438 g/mol. The number of piperidine rings is 1. The molecule has 0 unspecified atom stereocenters. The number of para-hydroxylation sites is 1. The third-order valence-electron chi connectivity index (χ3n) is 7.19. The fraction of sp³-hybridized carbons (Fsp3) is 0.393. The summed E-state index contributed by atoms with van der Waals surface area (Å²) in [7, 11) is 0. The highest BCUT2D eigenvalue weighted by atomic mass is 16.2. The molecule has 2 N–H and O–H groups in total. The maximum absolute atomic E-state index is 13.2. The van der Waals surface area contributed by atoms with Crippen LogP contribution in [0.25, 0.3) is 5.69 Å². The molecule has 0 saturated carbocycles. The van der Waals surface area contributed by atoms with Crippen LogP contribution in [0.15, 0.2) is 54.6 Å². The summed E-state index contributed by atoms with van der Waals surface area (Å²) < 4.78 is 1.90. The molecule has 3 aromatic rings. The first-order valence-corrected chi connectivity index (χ1v) is 12.6. The van der Waals surface area contributed by atoms with Gasteiger partial charge in [0.2, 0.25) is 11.8 Å². The number of hydrogen-bond donors (Lipinski definition) is 2. The number of nitrogens with one attached hydrogen (secondary N) is 2. The Morgan fingerprint density at radius 1 is 0.971 bits per heavy atom. The Bertz CT molecular complexity index is 1210. The van der Waals surface area contributed by atoms with Crippen LogP contribution in [0.4, 0.5) is 11.5 Å². The van der Waals surface area contributed by atoms with E-state index in [2.05, 4.69) is 39.8 Å². The number of hydrogen-bond acceptors (Lipinski definition) is 4. The zero-order chi connectivity index (χ0) is 24.4. The van der Waals surface area contributed by atoms with E-state index in [4.69, 9.17) is 5.10 Å². The van der Waals surface area contributed by atoms with Crippen molar-refractivity contribution in [1.82, 2.24) is 15.1 Å². The predicted octanol–water partition coefficient (Wildman–Crippen LogP) is 4.55. The zero-order valence-corrected chi connectivity index (χ0v) is 20.5. The molecule has 0 spiro atoms. The summed E-state index contributed by atoms with van der Waals surface area (Å²) in [5.41, 5.74) is 5.08. The fourth-order valence-corrected chi connectivity index (χ4v) is 5.43. The molecule has 35 heavy (non-hydrogen) atoms. The lowest BCUT2D eigenvalue weighted by atomic mass is 9.87. The molecule has 7 nitrogen and oxygen atoms in total. The Labute approximate surface area is 206 Å². The Balaban J connectivity index is 1.32. The number of nitrogens with zero attached hydrogens (tertiary/aromatic N) is 3. The molecule has 1 atom stereocenters. The van der Waals surface area contributed by atoms with E-state index in [9.17, 15) is 9.59 Å². The van der Waals surface area contributed by atoms with Gasteiger partial charge in [0.1, 0.15) is 5.69 Å². The van der Waals surface area contributed by atoms with E-state index in [1.807, 2.05) is 41.9 Å². The second-order valence-corrected chi connectivity index (χ2v) is 9.63. The number of aryl methyl sites for hydroxylation is 2. The van der Waals surface area contributed by atoms with Gasteiger partial charge in [-0.05, 0) is 62.3 Å². The Morgan fingerprint density at radius 2 is 1.69 bits per heavy atom. The number of amides is 2. The molecule has 2 aromatic carbocycles. The molecule has 1 aliphatic carbocycles. The van der Waals surface area contributed by atoms with Crippen LogP contribution in [-0.2, 0) is 16.0 Å². The Kier molecular flexibility index (Phi) is 6.57. The maximum Gasteiger partial charge on any atom is 0.223 e. The lowest BCUT2D eigenvalue weighted by molar-refractivity contribution is -0.126. The molecule has 7 heteroatoms. The highest BCUT2D eigenvalue weighted by Gasteiger charge is 2.31. The summed E-state index contributed by atoms with van der Waals surface area (Å²) in [4.78, 5) is 27.4. The summed E-state index contributed by atoms with van der Waals surface area (Å²) in [5.74, 6) is 0.896. The third-order valence-corrected chi connectivity index (χ3v) is 7.19. The lowest BCUT2D eigenvalue weighted by Crippen LogP contribution is -2.42. The molecular formula is C28H33N5O2. The topological polar surface area (TPSA) is 79.3 Å². The van der Waals surface area contributed by atoms with Crippen molar-refractivity contribution in [2.24, 2.45) is 5.92 Å². The summed E-state index contributed by atoms with van der Waals surface area (Å²) in [5, 5.41) is 11.1. The van der Waals surface area contributed by atoms with E-state index >= 15 is 0 Å². The van der Waals surface area contributed by atoms with E-state index in [-0.39, 0.29) is 23.8 Å². The van der Waals surface area contributed by atoms with Crippen LogP contribution in [-0.4, -0.2) is 34.7 Å². The summed E-state index contributed by atoms with van der Waals surface area (Å²) >= 11 is 0. The lowest BCUT2D eigenvalue weighted by Gasteiger charge is -2.35. The number of rotatable bonds is 5. The average molecular weight is 472 g/mol. The van der Waals surface area contributed by atoms with Crippen molar-refractivity contribution in [3.05, 3.63) is 71.4 Å². The monoisotopic (exact) mass is 471 g/mol. The summed E-state index contributed by atoms with van der Waals surface area (Å²) in [6.07, 6.45) is 4.72. The minimum absolute atomic E-state index is 0.0150. The summed E-state index contributed by atoms with van der Waals surface area (Å²) in [6, 6.07) is 18.5. The van der Waals surface area contributed by atoms with Gasteiger partial charge >= 0.3 is 0 Å². The van der Waals surface area contributed by atoms with Gasteiger partial charge in [-0.25, -0.2) is 4.68 Å². The van der Waals surface area contributed by atoms with Gasteiger partial charge in [0.25, 0.3) is 0 Å². The van der Waals surface area contributed by atoms with Crippen molar-refractivity contribution in [3.63, 3.8) is 0 Å². The number of carbonyl (C=O) groups excluding carboxylic acids is 2. The average Bonchev–Trinajstić information content (AvgIpc) is 3.20. The zero-order valence-electron chi connectivity index (χ0n) is 20.5. The van der Waals surface area contributed by atoms with Crippen LogP contribution in [0.5, 0.6) is 0 Å². The Hall–Kier alpha value is -3.61. The SMILES string of the molecule is CC(=O)Nc1c(C)nn(-c2ccccc2)c1N1CCC(C(=O)N[C@H]2CCCc3ccccc32)CC1. The van der Waals surface area contributed by atoms with Crippen molar-refractivity contribution in [1.29, 1.82) is 0 Å². The van der Waals surface area contributed by atoms with Crippen LogP contribution in [0.1, 0.15) is 55.5 Å². The van der Waals surface area contributed by atoms with E-state index in [0.29, 0.717) is 0 Å². The van der Waals surface area contributed by atoms with Gasteiger partial charge in [-0.15, -0.1) is 0 Å².